The summed E-state index contributed by atoms with van der Waals surface area (Å²) in [5.41, 5.74) is 3.09. The van der Waals surface area contributed by atoms with Crippen molar-refractivity contribution in [1.29, 1.82) is 5.41 Å². The Labute approximate surface area is 158 Å². The van der Waals surface area contributed by atoms with Gasteiger partial charge >= 0.3 is 6.03 Å². The van der Waals surface area contributed by atoms with Gasteiger partial charge in [0.25, 0.3) is 0 Å². The van der Waals surface area contributed by atoms with Gasteiger partial charge in [-0.2, -0.15) is 0 Å². The molecule has 1 fully saturated rings. The van der Waals surface area contributed by atoms with Gasteiger partial charge in [-0.15, -0.1) is 0 Å². The summed E-state index contributed by atoms with van der Waals surface area (Å²) < 4.78 is 0. The molecule has 8 heteroatoms. The lowest BCUT2D eigenvalue weighted by atomic mass is 10.2. The van der Waals surface area contributed by atoms with E-state index in [0.29, 0.717) is 17.1 Å². The third-order valence-corrected chi connectivity index (χ3v) is 4.56. The highest BCUT2D eigenvalue weighted by atomic mass is 16.2. The SMILES string of the molecule is CCN1CC[C@H](NC(=O)Nc2cc(C=N)c(Nc3ccnc(C)c3)cn2)C1. The molecule has 142 valence electrons. The molecule has 8 nitrogen and oxygen atoms in total. The molecule has 0 saturated carbocycles. The molecule has 27 heavy (non-hydrogen) atoms. The van der Waals surface area contributed by atoms with E-state index in [2.05, 4.69) is 37.7 Å². The number of urea groups is 1. The zero-order chi connectivity index (χ0) is 19.2. The maximum atomic E-state index is 12.2. The molecule has 4 N–H and O–H groups in total. The zero-order valence-corrected chi connectivity index (χ0v) is 15.6. The zero-order valence-electron chi connectivity index (χ0n) is 15.6. The van der Waals surface area contributed by atoms with E-state index in [1.54, 1.807) is 18.5 Å². The summed E-state index contributed by atoms with van der Waals surface area (Å²) in [6, 6.07) is 5.32. The van der Waals surface area contributed by atoms with Crippen LogP contribution in [-0.2, 0) is 0 Å². The number of rotatable bonds is 6. The van der Waals surface area contributed by atoms with Crippen molar-refractivity contribution in [3.05, 3.63) is 41.9 Å². The van der Waals surface area contributed by atoms with Gasteiger partial charge in [0.15, 0.2) is 0 Å². The van der Waals surface area contributed by atoms with Crippen LogP contribution >= 0.6 is 0 Å². The molecule has 0 unspecified atom stereocenters. The van der Waals surface area contributed by atoms with Crippen LogP contribution in [0.25, 0.3) is 0 Å². The number of anilines is 3. The molecular weight excluding hydrogens is 342 g/mol. The highest BCUT2D eigenvalue weighted by molar-refractivity contribution is 5.92. The van der Waals surface area contributed by atoms with Crippen LogP contribution in [0.4, 0.5) is 22.0 Å². The Morgan fingerprint density at radius 1 is 1.41 bits per heavy atom. The number of carbonyl (C=O) groups is 1. The standard InChI is InChI=1S/C19H25N7O/c1-3-26-7-5-16(12-26)24-19(27)25-18-9-14(10-20)17(11-22-18)23-15-4-6-21-13(2)8-15/h4,6,8-11,16,20H,3,5,7,12H2,1-2H3,(H,21,23)(H2,22,24,25,27)/t16-/m0/s1. The topological polar surface area (TPSA) is 106 Å². The summed E-state index contributed by atoms with van der Waals surface area (Å²) in [7, 11) is 0. The molecule has 3 rings (SSSR count). The quantitative estimate of drug-likeness (QED) is 0.588. The lowest BCUT2D eigenvalue weighted by molar-refractivity contribution is 0.248. The van der Waals surface area contributed by atoms with E-state index in [9.17, 15) is 4.79 Å². The summed E-state index contributed by atoms with van der Waals surface area (Å²) in [5, 5.41) is 16.6. The van der Waals surface area contributed by atoms with Crippen molar-refractivity contribution in [2.75, 3.05) is 30.3 Å². The monoisotopic (exact) mass is 367 g/mol. The summed E-state index contributed by atoms with van der Waals surface area (Å²) in [6.45, 7) is 6.91. The average molecular weight is 367 g/mol. The molecule has 1 aliphatic heterocycles. The van der Waals surface area contributed by atoms with Gasteiger partial charge in [-0.1, -0.05) is 6.92 Å². The Morgan fingerprint density at radius 2 is 2.26 bits per heavy atom. The van der Waals surface area contributed by atoms with Crippen molar-refractivity contribution in [3.8, 4) is 0 Å². The molecule has 0 bridgehead atoms. The first kappa shape index (κ1) is 18.8. The molecule has 2 aromatic rings. The van der Waals surface area contributed by atoms with Crippen molar-refractivity contribution in [1.82, 2.24) is 20.2 Å². The molecule has 2 aromatic heterocycles. The van der Waals surface area contributed by atoms with E-state index in [0.717, 1.165) is 37.4 Å². The predicted octanol–water partition coefficient (Wildman–Crippen LogP) is 2.74. The van der Waals surface area contributed by atoms with Crippen molar-refractivity contribution in [2.24, 2.45) is 0 Å². The van der Waals surface area contributed by atoms with Gasteiger partial charge in [-0.25, -0.2) is 9.78 Å². The third-order valence-electron chi connectivity index (χ3n) is 4.56. The lowest BCUT2D eigenvalue weighted by Gasteiger charge is -2.15. The molecule has 2 amide bonds. The molecule has 0 aromatic carbocycles. The first-order valence-corrected chi connectivity index (χ1v) is 9.07. The second-order valence-corrected chi connectivity index (χ2v) is 6.59. The number of nitrogens with one attached hydrogen (secondary N) is 4. The van der Waals surface area contributed by atoms with Gasteiger partial charge < -0.3 is 20.9 Å². The van der Waals surface area contributed by atoms with E-state index in [4.69, 9.17) is 5.41 Å². The minimum Gasteiger partial charge on any atom is -0.354 e. The van der Waals surface area contributed by atoms with Crippen LogP contribution < -0.4 is 16.0 Å². The number of carbonyl (C=O) groups excluding carboxylic acids is 1. The Kier molecular flexibility index (Phi) is 5.97. The van der Waals surface area contributed by atoms with Gasteiger partial charge in [0.2, 0.25) is 0 Å². The summed E-state index contributed by atoms with van der Waals surface area (Å²) >= 11 is 0. The van der Waals surface area contributed by atoms with Crippen LogP contribution in [0, 0.1) is 12.3 Å². The lowest BCUT2D eigenvalue weighted by Crippen LogP contribution is -2.39. The maximum Gasteiger partial charge on any atom is 0.320 e. The molecule has 0 aliphatic carbocycles. The predicted molar refractivity (Wildman–Crippen MR) is 107 cm³/mol. The van der Waals surface area contributed by atoms with E-state index in [1.807, 2.05) is 19.1 Å². The Balaban J connectivity index is 1.63. The van der Waals surface area contributed by atoms with Gasteiger partial charge in [0, 0.05) is 48.5 Å². The minimum atomic E-state index is -0.271. The number of hydrogen-bond acceptors (Lipinski definition) is 6. The number of likely N-dealkylation sites (N-methyl/N-ethyl adjacent to an activating group) is 1. The fourth-order valence-electron chi connectivity index (χ4n) is 3.12. The summed E-state index contributed by atoms with van der Waals surface area (Å²) in [5.74, 6) is 0.410. The molecule has 0 spiro atoms. The van der Waals surface area contributed by atoms with Crippen molar-refractivity contribution < 1.29 is 4.79 Å². The summed E-state index contributed by atoms with van der Waals surface area (Å²) in [4.78, 5) is 23.0. The van der Waals surface area contributed by atoms with Gasteiger partial charge in [-0.05, 0) is 38.1 Å². The fraction of sp³-hybridized carbons (Fsp3) is 0.368. The second-order valence-electron chi connectivity index (χ2n) is 6.59. The van der Waals surface area contributed by atoms with Crippen molar-refractivity contribution >= 4 is 29.4 Å². The van der Waals surface area contributed by atoms with Crippen LogP contribution in [0.3, 0.4) is 0 Å². The molecule has 1 saturated heterocycles. The molecule has 1 aliphatic rings. The second kappa shape index (κ2) is 8.59. The Bertz CT molecular complexity index is 823. The molecular formula is C19H25N7O. The van der Waals surface area contributed by atoms with Crippen molar-refractivity contribution in [3.63, 3.8) is 0 Å². The van der Waals surface area contributed by atoms with Gasteiger partial charge in [-0.3, -0.25) is 10.3 Å². The van der Waals surface area contributed by atoms with Crippen LogP contribution in [-0.4, -0.2) is 52.8 Å². The molecule has 1 atom stereocenters. The molecule has 0 radical (unpaired) electrons. The average Bonchev–Trinajstić information content (AvgIpc) is 3.10. The number of hydrogen-bond donors (Lipinski definition) is 4. The van der Waals surface area contributed by atoms with Crippen LogP contribution in [0.2, 0.25) is 0 Å². The normalized spacial score (nSPS) is 16.7. The number of pyridine rings is 2. The largest absolute Gasteiger partial charge is 0.354 e. The Morgan fingerprint density at radius 3 is 2.96 bits per heavy atom. The minimum absolute atomic E-state index is 0.156. The highest BCUT2D eigenvalue weighted by Crippen LogP contribution is 2.21. The smallest absolute Gasteiger partial charge is 0.320 e. The van der Waals surface area contributed by atoms with Crippen LogP contribution in [0.15, 0.2) is 30.6 Å². The number of likely N-dealkylation sites (tertiary alicyclic amines) is 1. The number of aromatic nitrogens is 2. The summed E-state index contributed by atoms with van der Waals surface area (Å²) in [6.07, 6.45) is 5.52. The van der Waals surface area contributed by atoms with Crippen LogP contribution in [0.1, 0.15) is 24.6 Å². The fourth-order valence-corrected chi connectivity index (χ4v) is 3.12. The Hall–Kier alpha value is -3.00. The molecule has 3 heterocycles. The number of nitrogens with zero attached hydrogens (tertiary/aromatic N) is 3. The van der Waals surface area contributed by atoms with Crippen LogP contribution in [0.5, 0.6) is 0 Å². The van der Waals surface area contributed by atoms with Gasteiger partial charge in [0.05, 0.1) is 11.9 Å². The highest BCUT2D eigenvalue weighted by Gasteiger charge is 2.22. The van der Waals surface area contributed by atoms with E-state index < -0.39 is 0 Å². The van der Waals surface area contributed by atoms with Crippen molar-refractivity contribution in [2.45, 2.75) is 26.3 Å². The number of amides is 2. The van der Waals surface area contributed by atoms with E-state index in [-0.39, 0.29) is 12.1 Å². The first-order valence-electron chi connectivity index (χ1n) is 9.07. The number of aryl methyl sites for hydroxylation is 1. The first-order chi connectivity index (χ1) is 13.1. The van der Waals surface area contributed by atoms with E-state index in [1.165, 1.54) is 6.21 Å². The van der Waals surface area contributed by atoms with E-state index >= 15 is 0 Å². The maximum absolute atomic E-state index is 12.2. The third kappa shape index (κ3) is 5.01. The van der Waals surface area contributed by atoms with Gasteiger partial charge in [0.1, 0.15) is 5.82 Å².